The second-order valence-corrected chi connectivity index (χ2v) is 6.22. The molecule has 1 heterocycles. The van der Waals surface area contributed by atoms with Crippen LogP contribution in [0.4, 0.5) is 0 Å². The monoisotopic (exact) mass is 347 g/mol. The molecule has 0 amide bonds. The summed E-state index contributed by atoms with van der Waals surface area (Å²) in [7, 11) is 0. The first kappa shape index (κ1) is 16.2. The Bertz CT molecular complexity index is 863. The minimum Gasteiger partial charge on any atom is -0.393 e. The van der Waals surface area contributed by atoms with Crippen LogP contribution in [0.1, 0.15) is 17.4 Å². The fraction of sp³-hybridized carbons (Fsp3) is 0.167. The van der Waals surface area contributed by atoms with Crippen molar-refractivity contribution in [2.45, 2.75) is 13.0 Å². The van der Waals surface area contributed by atoms with Crippen LogP contribution in [0, 0.1) is 6.92 Å². The van der Waals surface area contributed by atoms with Gasteiger partial charge in [-0.1, -0.05) is 41.4 Å². The SMILES string of the molecule is Cc1ccc2c(-c3ccc(Cl)cc3)c(C(O)CO)c(Cl)cc2n1. The Labute approximate surface area is 144 Å². The summed E-state index contributed by atoms with van der Waals surface area (Å²) < 4.78 is 0. The lowest BCUT2D eigenvalue weighted by Crippen LogP contribution is -2.06. The van der Waals surface area contributed by atoms with Crippen LogP contribution >= 0.6 is 23.2 Å². The van der Waals surface area contributed by atoms with Crippen LogP contribution in [-0.2, 0) is 0 Å². The van der Waals surface area contributed by atoms with Crippen molar-refractivity contribution in [3.05, 3.63) is 63.8 Å². The molecule has 3 nitrogen and oxygen atoms in total. The van der Waals surface area contributed by atoms with Gasteiger partial charge in [0.15, 0.2) is 0 Å². The van der Waals surface area contributed by atoms with E-state index in [1.807, 2.05) is 31.2 Å². The van der Waals surface area contributed by atoms with Crippen molar-refractivity contribution in [1.29, 1.82) is 0 Å². The molecule has 0 spiro atoms. The number of halogens is 2. The molecule has 1 atom stereocenters. The normalized spacial score (nSPS) is 12.6. The Kier molecular flexibility index (Phi) is 4.55. The number of nitrogens with zero attached hydrogens (tertiary/aromatic N) is 1. The molecule has 0 saturated carbocycles. The standard InChI is InChI=1S/C18H15Cl2NO2/c1-10-2-7-13-15(21-10)8-14(20)18(16(23)9-22)17(13)11-3-5-12(19)6-4-11/h2-8,16,22-23H,9H2,1H3. The summed E-state index contributed by atoms with van der Waals surface area (Å²) >= 11 is 12.3. The van der Waals surface area contributed by atoms with Gasteiger partial charge in [-0.25, -0.2) is 0 Å². The Morgan fingerprint density at radius 1 is 1.09 bits per heavy atom. The fourth-order valence-electron chi connectivity index (χ4n) is 2.71. The molecule has 0 aliphatic carbocycles. The number of benzene rings is 2. The Balaban J connectivity index is 2.40. The van der Waals surface area contributed by atoms with E-state index in [1.54, 1.807) is 18.2 Å². The van der Waals surface area contributed by atoms with Gasteiger partial charge in [-0.05, 0) is 42.3 Å². The molecule has 0 radical (unpaired) electrons. The highest BCUT2D eigenvalue weighted by molar-refractivity contribution is 6.33. The first-order valence-corrected chi connectivity index (χ1v) is 7.91. The van der Waals surface area contributed by atoms with Crippen molar-refractivity contribution < 1.29 is 10.2 Å². The van der Waals surface area contributed by atoms with Gasteiger partial charge >= 0.3 is 0 Å². The molecule has 3 rings (SSSR count). The van der Waals surface area contributed by atoms with Gasteiger partial charge in [0.25, 0.3) is 0 Å². The van der Waals surface area contributed by atoms with E-state index in [0.717, 1.165) is 27.7 Å². The average Bonchev–Trinajstić information content (AvgIpc) is 2.53. The molecule has 0 fully saturated rings. The highest BCUT2D eigenvalue weighted by Gasteiger charge is 2.20. The maximum absolute atomic E-state index is 10.2. The van der Waals surface area contributed by atoms with Crippen LogP contribution in [0.3, 0.4) is 0 Å². The highest BCUT2D eigenvalue weighted by Crippen LogP contribution is 2.39. The third kappa shape index (κ3) is 3.06. The van der Waals surface area contributed by atoms with Crippen molar-refractivity contribution in [2.75, 3.05) is 6.61 Å². The first-order chi connectivity index (χ1) is 11.0. The van der Waals surface area contributed by atoms with E-state index >= 15 is 0 Å². The van der Waals surface area contributed by atoms with E-state index in [0.29, 0.717) is 15.6 Å². The Hall–Kier alpha value is -1.65. The second kappa shape index (κ2) is 6.46. The largest absolute Gasteiger partial charge is 0.393 e. The maximum Gasteiger partial charge on any atom is 0.104 e. The number of aliphatic hydroxyl groups is 2. The molecule has 5 heteroatoms. The minimum absolute atomic E-state index is 0.377. The van der Waals surface area contributed by atoms with E-state index in [4.69, 9.17) is 23.2 Å². The summed E-state index contributed by atoms with van der Waals surface area (Å²) in [4.78, 5) is 4.51. The van der Waals surface area contributed by atoms with Crippen LogP contribution in [0.2, 0.25) is 10.0 Å². The molecule has 0 aliphatic rings. The molecule has 0 bridgehead atoms. The first-order valence-electron chi connectivity index (χ1n) is 7.16. The van der Waals surface area contributed by atoms with Crippen molar-refractivity contribution in [2.24, 2.45) is 0 Å². The van der Waals surface area contributed by atoms with E-state index in [1.165, 1.54) is 0 Å². The molecule has 2 aromatic carbocycles. The molecule has 0 aliphatic heterocycles. The van der Waals surface area contributed by atoms with E-state index in [-0.39, 0.29) is 0 Å². The average molecular weight is 348 g/mol. The van der Waals surface area contributed by atoms with Gasteiger partial charge in [-0.2, -0.15) is 0 Å². The summed E-state index contributed by atoms with van der Waals surface area (Å²) in [5, 5.41) is 21.5. The predicted octanol–water partition coefficient (Wildman–Crippen LogP) is 4.54. The molecular weight excluding hydrogens is 333 g/mol. The zero-order valence-corrected chi connectivity index (χ0v) is 13.9. The number of aromatic nitrogens is 1. The van der Waals surface area contributed by atoms with Gasteiger partial charge in [-0.15, -0.1) is 0 Å². The van der Waals surface area contributed by atoms with Crippen LogP contribution in [-0.4, -0.2) is 21.8 Å². The second-order valence-electron chi connectivity index (χ2n) is 5.37. The van der Waals surface area contributed by atoms with Crippen molar-refractivity contribution >= 4 is 34.1 Å². The Morgan fingerprint density at radius 2 is 1.78 bits per heavy atom. The van der Waals surface area contributed by atoms with Crippen molar-refractivity contribution in [3.63, 3.8) is 0 Å². The van der Waals surface area contributed by atoms with Crippen LogP contribution < -0.4 is 0 Å². The lowest BCUT2D eigenvalue weighted by atomic mass is 9.92. The number of fused-ring (bicyclic) bond motifs is 1. The van der Waals surface area contributed by atoms with Gasteiger partial charge in [0.1, 0.15) is 6.10 Å². The van der Waals surface area contributed by atoms with E-state index in [2.05, 4.69) is 4.98 Å². The van der Waals surface area contributed by atoms with E-state index < -0.39 is 12.7 Å². The van der Waals surface area contributed by atoms with Crippen LogP contribution in [0.5, 0.6) is 0 Å². The number of aryl methyl sites for hydroxylation is 1. The zero-order valence-electron chi connectivity index (χ0n) is 12.4. The molecule has 23 heavy (non-hydrogen) atoms. The van der Waals surface area contributed by atoms with Gasteiger partial charge in [-0.3, -0.25) is 4.98 Å². The smallest absolute Gasteiger partial charge is 0.104 e. The third-order valence-corrected chi connectivity index (χ3v) is 4.33. The molecule has 1 aromatic heterocycles. The molecule has 1 unspecified atom stereocenters. The van der Waals surface area contributed by atoms with Gasteiger partial charge in [0.2, 0.25) is 0 Å². The van der Waals surface area contributed by atoms with Crippen LogP contribution in [0.25, 0.3) is 22.0 Å². The van der Waals surface area contributed by atoms with Crippen LogP contribution in [0.15, 0.2) is 42.5 Å². The van der Waals surface area contributed by atoms with E-state index in [9.17, 15) is 10.2 Å². The number of rotatable bonds is 3. The Morgan fingerprint density at radius 3 is 2.43 bits per heavy atom. The van der Waals surface area contributed by atoms with Gasteiger partial charge < -0.3 is 10.2 Å². The van der Waals surface area contributed by atoms with Gasteiger partial charge in [0.05, 0.1) is 12.1 Å². The number of aliphatic hydroxyl groups excluding tert-OH is 2. The number of hydrogen-bond acceptors (Lipinski definition) is 3. The summed E-state index contributed by atoms with van der Waals surface area (Å²) in [5.74, 6) is 0. The lowest BCUT2D eigenvalue weighted by Gasteiger charge is -2.18. The van der Waals surface area contributed by atoms with Crippen molar-refractivity contribution in [1.82, 2.24) is 4.98 Å². The lowest BCUT2D eigenvalue weighted by molar-refractivity contribution is 0.0962. The third-order valence-electron chi connectivity index (χ3n) is 3.76. The summed E-state index contributed by atoms with van der Waals surface area (Å²) in [6.45, 7) is 1.50. The molecule has 3 aromatic rings. The maximum atomic E-state index is 10.2. The quantitative estimate of drug-likeness (QED) is 0.731. The summed E-state index contributed by atoms with van der Waals surface area (Å²) in [5.41, 5.74) is 3.74. The number of pyridine rings is 1. The predicted molar refractivity (Wildman–Crippen MR) is 94.0 cm³/mol. The minimum atomic E-state index is -1.07. The van der Waals surface area contributed by atoms with Crippen molar-refractivity contribution in [3.8, 4) is 11.1 Å². The highest BCUT2D eigenvalue weighted by atomic mass is 35.5. The summed E-state index contributed by atoms with van der Waals surface area (Å²) in [6, 6.07) is 12.9. The van der Waals surface area contributed by atoms with Gasteiger partial charge in [0, 0.05) is 26.7 Å². The molecule has 0 saturated heterocycles. The molecular formula is C18H15Cl2NO2. The number of hydrogen-bond donors (Lipinski definition) is 2. The zero-order chi connectivity index (χ0) is 16.6. The topological polar surface area (TPSA) is 53.4 Å². The fourth-order valence-corrected chi connectivity index (χ4v) is 3.15. The molecule has 118 valence electrons. The summed E-state index contributed by atoms with van der Waals surface area (Å²) in [6.07, 6.45) is -1.07. The molecule has 2 N–H and O–H groups in total.